The lowest BCUT2D eigenvalue weighted by Gasteiger charge is -2.36. The second-order valence-corrected chi connectivity index (χ2v) is 15.7. The zero-order valence-corrected chi connectivity index (χ0v) is 27.1. The molecule has 4 heteroatoms. The zero-order valence-electron chi connectivity index (χ0n) is 26.1. The van der Waals surface area contributed by atoms with Crippen LogP contribution in [0.1, 0.15) is 0 Å². The molecule has 48 heavy (non-hydrogen) atoms. The Hall–Kier alpha value is -6.46. The van der Waals surface area contributed by atoms with Crippen molar-refractivity contribution >= 4 is 62.0 Å². The number of para-hydroxylation sites is 1. The maximum atomic E-state index is 7.95. The molecule has 0 bridgehead atoms. The van der Waals surface area contributed by atoms with E-state index in [1.165, 1.54) is 20.7 Å². The number of fused-ring (bicyclic) bond motifs is 3. The smallest absolute Gasteiger partial charge is 0.188 e. The van der Waals surface area contributed by atoms with Crippen molar-refractivity contribution in [2.24, 2.45) is 0 Å². The zero-order chi connectivity index (χ0) is 32.5. The second kappa shape index (κ2) is 12.0. The molecular formula is C44H29N3Si. The molecule has 1 heterocycles. The van der Waals surface area contributed by atoms with Crippen LogP contribution in [-0.4, -0.2) is 12.6 Å². The van der Waals surface area contributed by atoms with E-state index in [1.54, 1.807) is 0 Å². The van der Waals surface area contributed by atoms with Crippen molar-refractivity contribution in [2.45, 2.75) is 0 Å². The van der Waals surface area contributed by atoms with Gasteiger partial charge in [0.2, 0.25) is 0 Å². The Kier molecular flexibility index (Phi) is 7.27. The number of rotatable bonds is 6. The van der Waals surface area contributed by atoms with E-state index in [-0.39, 0.29) is 0 Å². The summed E-state index contributed by atoms with van der Waals surface area (Å²) in [5.74, 6) is 0. The lowest BCUT2D eigenvalue weighted by Crippen LogP contribution is -2.75. The van der Waals surface area contributed by atoms with Crippen molar-refractivity contribution in [3.63, 3.8) is 0 Å². The Morgan fingerprint density at radius 3 is 1.52 bits per heavy atom. The molecule has 0 N–H and O–H groups in total. The van der Waals surface area contributed by atoms with Gasteiger partial charge in [-0.2, -0.15) is 0 Å². The first-order chi connectivity index (χ1) is 23.7. The van der Waals surface area contributed by atoms with Gasteiger partial charge in [0.15, 0.2) is 19.4 Å². The molecule has 0 unspecified atom stereocenters. The van der Waals surface area contributed by atoms with Crippen LogP contribution in [0.3, 0.4) is 0 Å². The summed E-state index contributed by atoms with van der Waals surface area (Å²) >= 11 is 0. The minimum atomic E-state index is -2.84. The van der Waals surface area contributed by atoms with Gasteiger partial charge < -0.3 is 4.57 Å². The molecule has 0 fully saturated rings. The Morgan fingerprint density at radius 2 is 0.938 bits per heavy atom. The van der Waals surface area contributed by atoms with Crippen LogP contribution in [0.5, 0.6) is 0 Å². The first kappa shape index (κ1) is 29.0. The summed E-state index contributed by atoms with van der Waals surface area (Å²) in [5, 5.41) is 7.31. The molecule has 0 aliphatic rings. The molecule has 7 aromatic carbocycles. The molecule has 0 aliphatic carbocycles. The molecule has 0 amide bonds. The molecule has 0 saturated carbocycles. The second-order valence-electron chi connectivity index (χ2n) is 11.9. The highest BCUT2D eigenvalue weighted by Crippen LogP contribution is 2.35. The first-order valence-electron chi connectivity index (χ1n) is 15.9. The van der Waals surface area contributed by atoms with Gasteiger partial charge in [0.25, 0.3) is 0 Å². The van der Waals surface area contributed by atoms with Crippen LogP contribution >= 0.6 is 0 Å². The monoisotopic (exact) mass is 627 g/mol. The van der Waals surface area contributed by atoms with Crippen molar-refractivity contribution in [1.29, 1.82) is 0 Å². The highest BCUT2D eigenvalue weighted by molar-refractivity contribution is 7.20. The van der Waals surface area contributed by atoms with Crippen molar-refractivity contribution in [3.8, 4) is 16.8 Å². The van der Waals surface area contributed by atoms with E-state index in [1.807, 2.05) is 30.3 Å². The normalized spacial score (nSPS) is 11.3. The number of hydrogen-bond donors (Lipinski definition) is 0. The van der Waals surface area contributed by atoms with Crippen molar-refractivity contribution in [2.75, 3.05) is 0 Å². The van der Waals surface area contributed by atoms with Crippen LogP contribution < -0.4 is 20.7 Å². The predicted molar refractivity (Wildman–Crippen MR) is 202 cm³/mol. The van der Waals surface area contributed by atoms with Gasteiger partial charge in [0.05, 0.1) is 24.2 Å². The van der Waals surface area contributed by atoms with E-state index in [0.717, 1.165) is 38.6 Å². The van der Waals surface area contributed by atoms with Crippen LogP contribution in [0.2, 0.25) is 0 Å². The number of hydrogen-bond acceptors (Lipinski definition) is 0. The average molecular weight is 628 g/mol. The topological polar surface area (TPSA) is 13.6 Å². The summed E-state index contributed by atoms with van der Waals surface area (Å²) < 4.78 is 2.27. The van der Waals surface area contributed by atoms with Crippen molar-refractivity contribution in [1.82, 2.24) is 4.57 Å². The molecule has 3 nitrogen and oxygen atoms in total. The van der Waals surface area contributed by atoms with E-state index in [4.69, 9.17) is 13.1 Å². The fourth-order valence-electron chi connectivity index (χ4n) is 7.30. The van der Waals surface area contributed by atoms with E-state index >= 15 is 0 Å². The Bertz CT molecular complexity index is 2410. The van der Waals surface area contributed by atoms with E-state index in [2.05, 4.69) is 160 Å². The summed E-state index contributed by atoms with van der Waals surface area (Å²) in [6.45, 7) is 15.5. The van der Waals surface area contributed by atoms with Gasteiger partial charge in [0, 0.05) is 11.1 Å². The summed E-state index contributed by atoms with van der Waals surface area (Å²) in [5.41, 5.74) is 6.60. The quantitative estimate of drug-likeness (QED) is 0.0993. The number of nitrogens with zero attached hydrogens (tertiary/aromatic N) is 3. The molecule has 0 radical (unpaired) electrons. The maximum absolute atomic E-state index is 7.95. The third kappa shape index (κ3) is 4.64. The van der Waals surface area contributed by atoms with Crippen LogP contribution in [0.25, 0.3) is 48.3 Å². The first-order valence-corrected chi connectivity index (χ1v) is 17.9. The van der Waals surface area contributed by atoms with Gasteiger partial charge in [0.1, 0.15) is 0 Å². The highest BCUT2D eigenvalue weighted by atomic mass is 28.3. The fraction of sp³-hybridized carbons (Fsp3) is 0. The molecule has 0 atom stereocenters. The maximum Gasteiger partial charge on any atom is 0.188 e. The van der Waals surface area contributed by atoms with Crippen molar-refractivity contribution in [3.05, 3.63) is 199 Å². The van der Waals surface area contributed by atoms with Crippen LogP contribution in [0.4, 0.5) is 11.4 Å². The molecule has 8 rings (SSSR count). The van der Waals surface area contributed by atoms with Crippen LogP contribution in [-0.2, 0) is 0 Å². The van der Waals surface area contributed by atoms with Gasteiger partial charge >= 0.3 is 0 Å². The van der Waals surface area contributed by atoms with E-state index in [0.29, 0.717) is 11.4 Å². The fourth-order valence-corrected chi connectivity index (χ4v) is 12.3. The SMILES string of the molecule is [C-]#[N+]c1ccc([Si](c2ccccc2)(c2ccccc2)c2ccccc2)c(-c2ccc(-n3c4ccccc4c4cc([N+]#[C-])ccc43)cc2)c1. The van der Waals surface area contributed by atoms with Gasteiger partial charge in [-0.25, -0.2) is 9.69 Å². The number of aromatic nitrogens is 1. The van der Waals surface area contributed by atoms with Crippen molar-refractivity contribution < 1.29 is 0 Å². The minimum absolute atomic E-state index is 0.618. The summed E-state index contributed by atoms with van der Waals surface area (Å²) in [7, 11) is -2.84. The molecule has 224 valence electrons. The summed E-state index contributed by atoms with van der Waals surface area (Å²) in [6.07, 6.45) is 0. The minimum Gasteiger partial charge on any atom is -0.309 e. The summed E-state index contributed by atoms with van der Waals surface area (Å²) in [4.78, 5) is 7.56. The van der Waals surface area contributed by atoms with Gasteiger partial charge in [-0.05, 0) is 73.7 Å². The Balaban J connectivity index is 1.38. The lowest BCUT2D eigenvalue weighted by molar-refractivity contribution is 1.18. The molecule has 8 aromatic rings. The third-order valence-electron chi connectivity index (χ3n) is 9.38. The van der Waals surface area contributed by atoms with Crippen LogP contribution in [0, 0.1) is 13.1 Å². The molecule has 0 aliphatic heterocycles. The Labute approximate surface area is 281 Å². The Morgan fingerprint density at radius 1 is 0.438 bits per heavy atom. The molecule has 0 spiro atoms. The molecule has 0 saturated heterocycles. The van der Waals surface area contributed by atoms with Gasteiger partial charge in [-0.1, -0.05) is 140 Å². The highest BCUT2D eigenvalue weighted by Gasteiger charge is 2.42. The van der Waals surface area contributed by atoms with E-state index < -0.39 is 8.07 Å². The lowest BCUT2D eigenvalue weighted by atomic mass is 10.0. The molecular weight excluding hydrogens is 599 g/mol. The summed E-state index contributed by atoms with van der Waals surface area (Å²) in [6, 6.07) is 61.9. The number of benzene rings is 7. The van der Waals surface area contributed by atoms with Gasteiger partial charge in [-0.3, -0.25) is 0 Å². The predicted octanol–water partition coefficient (Wildman–Crippen LogP) is 8.93. The van der Waals surface area contributed by atoms with Crippen LogP contribution in [0.15, 0.2) is 176 Å². The van der Waals surface area contributed by atoms with E-state index in [9.17, 15) is 0 Å². The average Bonchev–Trinajstić information content (AvgIpc) is 3.50. The third-order valence-corrected chi connectivity index (χ3v) is 14.2. The molecule has 1 aromatic heterocycles. The standard InChI is InChI=1S/C44H29N3Si/c1-45-33-24-28-43-41(31-33)39-20-12-13-21-42(39)47(43)35-26-22-32(23-27-35)40-30-34(46-2)25-29-44(40)48(36-14-6-3-7-15-36,37-16-8-4-9-17-37)38-18-10-5-11-19-38/h3-31H. The van der Waals surface area contributed by atoms with Gasteiger partial charge in [-0.15, -0.1) is 0 Å². The largest absolute Gasteiger partial charge is 0.309 e.